The van der Waals surface area contributed by atoms with E-state index in [1.807, 2.05) is 26.0 Å². The van der Waals surface area contributed by atoms with Gasteiger partial charge in [0.05, 0.1) is 19.1 Å². The van der Waals surface area contributed by atoms with E-state index in [4.69, 9.17) is 4.74 Å². The Balaban J connectivity index is 2.40. The summed E-state index contributed by atoms with van der Waals surface area (Å²) < 4.78 is 32.4. The van der Waals surface area contributed by atoms with Crippen molar-refractivity contribution in [2.45, 2.75) is 45.7 Å². The first-order chi connectivity index (χ1) is 16.6. The number of hydrogen-bond donors (Lipinski definition) is 1. The third-order valence-corrected chi connectivity index (χ3v) is 7.17. The fraction of sp³-hybridized carbons (Fsp3) is 0.440. The molecule has 0 aliphatic rings. The maximum Gasteiger partial charge on any atom is 0.244 e. The normalized spacial score (nSPS) is 12.0. The maximum absolute atomic E-state index is 13.6. The van der Waals surface area contributed by atoms with Gasteiger partial charge in [0.25, 0.3) is 0 Å². The van der Waals surface area contributed by atoms with Gasteiger partial charge < -0.3 is 15.0 Å². The number of carbonyl (C=O) groups is 2. The summed E-state index contributed by atoms with van der Waals surface area (Å²) in [6.07, 6.45) is 3.20. The van der Waals surface area contributed by atoms with Crippen molar-refractivity contribution in [1.82, 2.24) is 10.2 Å². The number of hydrogen-bond acceptors (Lipinski definition) is 5. The van der Waals surface area contributed by atoms with E-state index in [0.717, 1.165) is 33.4 Å². The molecule has 2 amide bonds. The number of unbranched alkanes of at least 4 members (excludes halogenated alkanes) is 1. The Morgan fingerprint density at radius 3 is 2.37 bits per heavy atom. The summed E-state index contributed by atoms with van der Waals surface area (Å²) in [5.74, 6) is -0.103. The largest absolute Gasteiger partial charge is 0.497 e. The summed E-state index contributed by atoms with van der Waals surface area (Å²) in [5, 5.41) is 2.91. The molecule has 0 spiro atoms. The smallest absolute Gasteiger partial charge is 0.244 e. The van der Waals surface area contributed by atoms with Crippen LogP contribution >= 0.6 is 15.9 Å². The minimum absolute atomic E-state index is 0.133. The van der Waals surface area contributed by atoms with Crippen molar-refractivity contribution in [2.24, 2.45) is 0 Å². The Morgan fingerprint density at radius 2 is 1.80 bits per heavy atom. The predicted molar refractivity (Wildman–Crippen MR) is 142 cm³/mol. The van der Waals surface area contributed by atoms with Crippen LogP contribution in [0.15, 0.2) is 53.0 Å². The fourth-order valence-corrected chi connectivity index (χ4v) is 4.73. The van der Waals surface area contributed by atoms with Crippen LogP contribution in [0.5, 0.6) is 5.75 Å². The topological polar surface area (TPSA) is 96.0 Å². The van der Waals surface area contributed by atoms with Gasteiger partial charge in [-0.25, -0.2) is 8.42 Å². The number of anilines is 1. The summed E-state index contributed by atoms with van der Waals surface area (Å²) in [6.45, 7) is 4.08. The van der Waals surface area contributed by atoms with E-state index in [9.17, 15) is 18.0 Å². The quantitative estimate of drug-likeness (QED) is 0.370. The molecule has 2 aromatic rings. The van der Waals surface area contributed by atoms with E-state index in [-0.39, 0.29) is 12.5 Å². The zero-order chi connectivity index (χ0) is 26.0. The van der Waals surface area contributed by atoms with E-state index < -0.39 is 28.5 Å². The highest BCUT2D eigenvalue weighted by molar-refractivity contribution is 9.10. The van der Waals surface area contributed by atoms with Crippen LogP contribution in [0, 0.1) is 0 Å². The number of ether oxygens (including phenoxy) is 1. The van der Waals surface area contributed by atoms with E-state index in [1.165, 1.54) is 4.90 Å². The van der Waals surface area contributed by atoms with Crippen molar-refractivity contribution in [3.05, 3.63) is 58.6 Å². The molecular weight excluding hydrogens is 534 g/mol. The highest BCUT2D eigenvalue weighted by atomic mass is 79.9. The average molecular weight is 569 g/mol. The zero-order valence-electron chi connectivity index (χ0n) is 20.7. The molecule has 0 aliphatic heterocycles. The van der Waals surface area contributed by atoms with Crippen LogP contribution in [0.2, 0.25) is 0 Å². The number of carbonyl (C=O) groups excluding carboxylic acids is 2. The number of nitrogens with zero attached hydrogens (tertiary/aromatic N) is 2. The first-order valence-electron chi connectivity index (χ1n) is 11.5. The van der Waals surface area contributed by atoms with Gasteiger partial charge in [0.1, 0.15) is 18.3 Å². The van der Waals surface area contributed by atoms with Crippen LogP contribution in [0.3, 0.4) is 0 Å². The number of nitrogens with one attached hydrogen (secondary N) is 1. The Labute approximate surface area is 216 Å². The van der Waals surface area contributed by atoms with E-state index >= 15 is 0 Å². The molecule has 8 nitrogen and oxygen atoms in total. The first-order valence-corrected chi connectivity index (χ1v) is 14.2. The Bertz CT molecular complexity index is 1090. The summed E-state index contributed by atoms with van der Waals surface area (Å²) >= 11 is 3.34. The van der Waals surface area contributed by atoms with Crippen LogP contribution < -0.4 is 14.4 Å². The molecule has 0 radical (unpaired) electrons. The number of methoxy groups -OCH3 is 1. The molecule has 0 saturated heterocycles. The molecule has 1 atom stereocenters. The fourth-order valence-electron chi connectivity index (χ4n) is 3.61. The molecular formula is C25H34BrN3O5S. The standard InChI is InChI=1S/C25H34BrN3O5S/c1-5-7-15-27-25(31)23(6-2)28(17-19-9-8-10-22(16-19)34-3)24(30)18-29(35(4,32)33)21-13-11-20(26)12-14-21/h8-14,16,23H,5-7,15,17-18H2,1-4H3,(H,27,31)/t23-/m0/s1. The molecule has 0 heterocycles. The second kappa shape index (κ2) is 13.5. The van der Waals surface area contributed by atoms with Gasteiger partial charge in [0.15, 0.2) is 0 Å². The number of halogens is 1. The highest BCUT2D eigenvalue weighted by Gasteiger charge is 2.31. The molecule has 35 heavy (non-hydrogen) atoms. The van der Waals surface area contributed by atoms with Crippen molar-refractivity contribution in [1.29, 1.82) is 0 Å². The summed E-state index contributed by atoms with van der Waals surface area (Å²) in [4.78, 5) is 28.1. The van der Waals surface area contributed by atoms with Crippen molar-refractivity contribution >= 4 is 43.5 Å². The van der Waals surface area contributed by atoms with Gasteiger partial charge in [-0.1, -0.05) is 48.3 Å². The number of benzene rings is 2. The average Bonchev–Trinajstić information content (AvgIpc) is 2.82. The summed E-state index contributed by atoms with van der Waals surface area (Å²) in [7, 11) is -2.21. The summed E-state index contributed by atoms with van der Waals surface area (Å²) in [5.41, 5.74) is 1.14. The van der Waals surface area contributed by atoms with Crippen molar-refractivity contribution < 1.29 is 22.7 Å². The van der Waals surface area contributed by atoms with Gasteiger partial charge in [0, 0.05) is 17.6 Å². The first kappa shape index (κ1) is 28.6. The minimum Gasteiger partial charge on any atom is -0.497 e. The molecule has 1 N–H and O–H groups in total. The molecule has 0 saturated carbocycles. The van der Waals surface area contributed by atoms with Gasteiger partial charge in [-0.05, 0) is 54.8 Å². The second-order valence-corrected chi connectivity index (χ2v) is 11.0. The molecule has 192 valence electrons. The monoisotopic (exact) mass is 567 g/mol. The highest BCUT2D eigenvalue weighted by Crippen LogP contribution is 2.22. The van der Waals surface area contributed by atoms with Gasteiger partial charge in [-0.2, -0.15) is 0 Å². The number of sulfonamides is 1. The van der Waals surface area contributed by atoms with Crippen LogP contribution in [-0.2, 0) is 26.2 Å². The van der Waals surface area contributed by atoms with Gasteiger partial charge >= 0.3 is 0 Å². The molecule has 10 heteroatoms. The van der Waals surface area contributed by atoms with Crippen LogP contribution in [0.25, 0.3) is 0 Å². The Morgan fingerprint density at radius 1 is 1.11 bits per heavy atom. The Kier molecular flexibility index (Phi) is 11.0. The lowest BCUT2D eigenvalue weighted by Crippen LogP contribution is -2.52. The molecule has 0 unspecified atom stereocenters. The van der Waals surface area contributed by atoms with Crippen molar-refractivity contribution in [2.75, 3.05) is 30.8 Å². The lowest BCUT2D eigenvalue weighted by Gasteiger charge is -2.33. The maximum atomic E-state index is 13.6. The van der Waals surface area contributed by atoms with Gasteiger partial charge in [-0.3, -0.25) is 13.9 Å². The van der Waals surface area contributed by atoms with Gasteiger partial charge in [-0.15, -0.1) is 0 Å². The lowest BCUT2D eigenvalue weighted by molar-refractivity contribution is -0.140. The number of amides is 2. The van der Waals surface area contributed by atoms with E-state index in [1.54, 1.807) is 43.5 Å². The molecule has 0 aromatic heterocycles. The number of rotatable bonds is 13. The zero-order valence-corrected chi connectivity index (χ0v) is 23.1. The minimum atomic E-state index is -3.76. The van der Waals surface area contributed by atoms with Crippen molar-refractivity contribution in [3.63, 3.8) is 0 Å². The van der Waals surface area contributed by atoms with Crippen LogP contribution in [0.4, 0.5) is 5.69 Å². The molecule has 0 bridgehead atoms. The predicted octanol–water partition coefficient (Wildman–Crippen LogP) is 3.95. The molecule has 0 fully saturated rings. The van der Waals surface area contributed by atoms with E-state index in [0.29, 0.717) is 24.4 Å². The van der Waals surface area contributed by atoms with Crippen LogP contribution in [-0.4, -0.2) is 57.6 Å². The van der Waals surface area contributed by atoms with Gasteiger partial charge in [0.2, 0.25) is 21.8 Å². The third kappa shape index (κ3) is 8.54. The second-order valence-electron chi connectivity index (χ2n) is 8.19. The SMILES string of the molecule is CCCCNC(=O)[C@H](CC)N(Cc1cccc(OC)c1)C(=O)CN(c1ccc(Br)cc1)S(C)(=O)=O. The lowest BCUT2D eigenvalue weighted by atomic mass is 10.1. The van der Waals surface area contributed by atoms with Crippen molar-refractivity contribution in [3.8, 4) is 5.75 Å². The molecule has 2 aromatic carbocycles. The Hall–Kier alpha value is -2.59. The van der Waals surface area contributed by atoms with E-state index in [2.05, 4.69) is 21.2 Å². The molecule has 0 aliphatic carbocycles. The molecule has 2 rings (SSSR count). The summed E-state index contributed by atoms with van der Waals surface area (Å²) in [6, 6.07) is 13.2. The van der Waals surface area contributed by atoms with Crippen LogP contribution in [0.1, 0.15) is 38.7 Å². The third-order valence-electron chi connectivity index (χ3n) is 5.50.